The Hall–Kier alpha value is -3.03. The lowest BCUT2D eigenvalue weighted by molar-refractivity contribution is -0.121. The van der Waals surface area contributed by atoms with E-state index >= 15 is 0 Å². The van der Waals surface area contributed by atoms with Crippen LogP contribution in [0.2, 0.25) is 0 Å². The molecule has 8 heteroatoms. The molecule has 0 fully saturated rings. The van der Waals surface area contributed by atoms with Gasteiger partial charge in [0.05, 0.1) is 19.3 Å². The van der Waals surface area contributed by atoms with Gasteiger partial charge >= 0.3 is 0 Å². The zero-order chi connectivity index (χ0) is 18.5. The fraction of sp³-hybridized carbons (Fsp3) is 0.333. The summed E-state index contributed by atoms with van der Waals surface area (Å²) in [5.74, 6) is -0.350. The molecular formula is C18H20FN5O2. The molecule has 2 heterocycles. The van der Waals surface area contributed by atoms with Gasteiger partial charge in [0.25, 0.3) is 5.56 Å². The van der Waals surface area contributed by atoms with Crippen molar-refractivity contribution in [2.75, 3.05) is 6.54 Å². The van der Waals surface area contributed by atoms with E-state index in [-0.39, 0.29) is 23.8 Å². The molecule has 2 aromatic heterocycles. The Morgan fingerprint density at radius 2 is 2.19 bits per heavy atom. The molecule has 26 heavy (non-hydrogen) atoms. The lowest BCUT2D eigenvalue weighted by Gasteiger charge is -2.07. The summed E-state index contributed by atoms with van der Waals surface area (Å²) in [4.78, 5) is 28.4. The van der Waals surface area contributed by atoms with Gasteiger partial charge in [-0.2, -0.15) is 5.10 Å². The molecule has 0 radical (unpaired) electrons. The Labute approximate surface area is 149 Å². The first kappa shape index (κ1) is 17.8. The maximum absolute atomic E-state index is 13.3. The number of amides is 1. The Bertz CT molecular complexity index is 979. The molecule has 0 unspecified atom stereocenters. The minimum absolute atomic E-state index is 0.00521. The number of halogens is 1. The first-order chi connectivity index (χ1) is 12.6. The summed E-state index contributed by atoms with van der Waals surface area (Å²) in [6.45, 7) is 3.03. The van der Waals surface area contributed by atoms with E-state index in [0.29, 0.717) is 36.1 Å². The molecule has 0 atom stereocenters. The SMILES string of the molecule is CCCC(=O)NCCn1ncc2c(=O)n(Cc3cccc(F)c3)cnc21. The molecule has 0 aliphatic carbocycles. The van der Waals surface area contributed by atoms with Crippen LogP contribution in [0.5, 0.6) is 0 Å². The average Bonchev–Trinajstić information content (AvgIpc) is 3.02. The zero-order valence-corrected chi connectivity index (χ0v) is 14.5. The van der Waals surface area contributed by atoms with E-state index in [2.05, 4.69) is 15.4 Å². The molecule has 3 aromatic rings. The minimum Gasteiger partial charge on any atom is -0.354 e. The normalized spacial score (nSPS) is 11.0. The number of aromatic nitrogens is 4. The van der Waals surface area contributed by atoms with E-state index in [1.54, 1.807) is 16.8 Å². The molecule has 0 bridgehead atoms. The minimum atomic E-state index is -0.345. The van der Waals surface area contributed by atoms with Crippen LogP contribution >= 0.6 is 0 Å². The van der Waals surface area contributed by atoms with Crippen LogP contribution < -0.4 is 10.9 Å². The molecule has 0 aliphatic heterocycles. The number of nitrogens with one attached hydrogen (secondary N) is 1. The highest BCUT2D eigenvalue weighted by atomic mass is 19.1. The number of carbonyl (C=O) groups is 1. The summed E-state index contributed by atoms with van der Waals surface area (Å²) in [6.07, 6.45) is 4.19. The summed E-state index contributed by atoms with van der Waals surface area (Å²) in [7, 11) is 0. The van der Waals surface area contributed by atoms with Crippen LogP contribution in [0.4, 0.5) is 4.39 Å². The van der Waals surface area contributed by atoms with E-state index in [9.17, 15) is 14.0 Å². The second-order valence-electron chi connectivity index (χ2n) is 6.01. The van der Waals surface area contributed by atoms with Crippen molar-refractivity contribution < 1.29 is 9.18 Å². The topological polar surface area (TPSA) is 81.8 Å². The summed E-state index contributed by atoms with van der Waals surface area (Å²) < 4.78 is 16.3. The van der Waals surface area contributed by atoms with Crippen molar-refractivity contribution in [1.82, 2.24) is 24.6 Å². The van der Waals surface area contributed by atoms with Crippen LogP contribution in [0, 0.1) is 5.82 Å². The first-order valence-corrected chi connectivity index (χ1v) is 8.50. The zero-order valence-electron chi connectivity index (χ0n) is 14.5. The van der Waals surface area contributed by atoms with Gasteiger partial charge in [-0.15, -0.1) is 0 Å². The van der Waals surface area contributed by atoms with Gasteiger partial charge in [-0.3, -0.25) is 14.2 Å². The first-order valence-electron chi connectivity index (χ1n) is 8.50. The number of hydrogen-bond donors (Lipinski definition) is 1. The highest BCUT2D eigenvalue weighted by Crippen LogP contribution is 2.08. The smallest absolute Gasteiger partial charge is 0.264 e. The molecule has 1 N–H and O–H groups in total. The summed E-state index contributed by atoms with van der Waals surface area (Å²) in [5.41, 5.74) is 0.912. The maximum Gasteiger partial charge on any atom is 0.264 e. The number of carbonyl (C=O) groups excluding carboxylic acids is 1. The number of benzene rings is 1. The van der Waals surface area contributed by atoms with E-state index in [1.807, 2.05) is 6.92 Å². The second-order valence-corrected chi connectivity index (χ2v) is 6.01. The predicted molar refractivity (Wildman–Crippen MR) is 95.2 cm³/mol. The molecule has 0 saturated carbocycles. The van der Waals surface area contributed by atoms with Crippen molar-refractivity contribution in [1.29, 1.82) is 0 Å². The maximum atomic E-state index is 13.3. The van der Waals surface area contributed by atoms with Crippen LogP contribution in [0.1, 0.15) is 25.3 Å². The quantitative estimate of drug-likeness (QED) is 0.698. The van der Waals surface area contributed by atoms with Crippen molar-refractivity contribution in [3.05, 3.63) is 58.5 Å². The Morgan fingerprint density at radius 1 is 1.35 bits per heavy atom. The van der Waals surface area contributed by atoms with Crippen molar-refractivity contribution in [3.63, 3.8) is 0 Å². The number of fused-ring (bicyclic) bond motifs is 1. The van der Waals surface area contributed by atoms with Gasteiger partial charge in [-0.05, 0) is 24.1 Å². The monoisotopic (exact) mass is 357 g/mol. The Balaban J connectivity index is 1.76. The molecule has 1 aromatic carbocycles. The predicted octanol–water partition coefficient (Wildman–Crippen LogP) is 1.70. The summed E-state index contributed by atoms with van der Waals surface area (Å²) >= 11 is 0. The lowest BCUT2D eigenvalue weighted by atomic mass is 10.2. The molecule has 0 aliphatic rings. The molecule has 0 saturated heterocycles. The van der Waals surface area contributed by atoms with Crippen LogP contribution in [0.15, 0.2) is 41.6 Å². The molecular weight excluding hydrogens is 337 g/mol. The third kappa shape index (κ3) is 3.96. The molecule has 0 spiro atoms. The van der Waals surface area contributed by atoms with Gasteiger partial charge < -0.3 is 5.32 Å². The standard InChI is InChI=1S/C18H20FN5O2/c1-2-4-16(25)20-7-8-24-17-15(10-22-24)18(26)23(12-21-17)11-13-5-3-6-14(19)9-13/h3,5-6,9-10,12H,2,4,7-8,11H2,1H3,(H,20,25). The number of nitrogens with zero attached hydrogens (tertiary/aromatic N) is 4. The fourth-order valence-electron chi connectivity index (χ4n) is 2.72. The van der Waals surface area contributed by atoms with Crippen LogP contribution in [-0.4, -0.2) is 31.8 Å². The van der Waals surface area contributed by atoms with Gasteiger partial charge in [0.2, 0.25) is 5.91 Å². The Kier molecular flexibility index (Phi) is 5.40. The number of hydrogen-bond acceptors (Lipinski definition) is 4. The lowest BCUT2D eigenvalue weighted by Crippen LogP contribution is -2.27. The molecule has 3 rings (SSSR count). The van der Waals surface area contributed by atoms with E-state index in [0.717, 1.165) is 6.42 Å². The average molecular weight is 357 g/mol. The third-order valence-electron chi connectivity index (χ3n) is 3.99. The van der Waals surface area contributed by atoms with Crippen molar-refractivity contribution >= 4 is 16.9 Å². The van der Waals surface area contributed by atoms with Gasteiger partial charge in [0.1, 0.15) is 17.5 Å². The van der Waals surface area contributed by atoms with Crippen LogP contribution in [0.3, 0.4) is 0 Å². The second kappa shape index (κ2) is 7.90. The molecule has 136 valence electrons. The van der Waals surface area contributed by atoms with Gasteiger partial charge in [-0.1, -0.05) is 19.1 Å². The van der Waals surface area contributed by atoms with Crippen molar-refractivity contribution in [2.24, 2.45) is 0 Å². The van der Waals surface area contributed by atoms with Crippen LogP contribution in [-0.2, 0) is 17.9 Å². The highest BCUT2D eigenvalue weighted by Gasteiger charge is 2.11. The van der Waals surface area contributed by atoms with E-state index in [1.165, 1.54) is 29.2 Å². The number of rotatable bonds is 7. The fourth-order valence-corrected chi connectivity index (χ4v) is 2.72. The van der Waals surface area contributed by atoms with Crippen molar-refractivity contribution in [2.45, 2.75) is 32.9 Å². The Morgan fingerprint density at radius 3 is 2.96 bits per heavy atom. The summed E-state index contributed by atoms with van der Waals surface area (Å²) in [6, 6.07) is 6.10. The van der Waals surface area contributed by atoms with Crippen molar-refractivity contribution in [3.8, 4) is 0 Å². The highest BCUT2D eigenvalue weighted by molar-refractivity contribution is 5.75. The van der Waals surface area contributed by atoms with E-state index in [4.69, 9.17) is 0 Å². The largest absolute Gasteiger partial charge is 0.354 e. The van der Waals surface area contributed by atoms with Gasteiger partial charge in [0.15, 0.2) is 5.65 Å². The van der Waals surface area contributed by atoms with Gasteiger partial charge in [0, 0.05) is 13.0 Å². The summed E-state index contributed by atoms with van der Waals surface area (Å²) in [5, 5.41) is 7.39. The van der Waals surface area contributed by atoms with Gasteiger partial charge in [-0.25, -0.2) is 14.1 Å². The van der Waals surface area contributed by atoms with Crippen LogP contribution in [0.25, 0.3) is 11.0 Å². The third-order valence-corrected chi connectivity index (χ3v) is 3.99. The molecule has 7 nitrogen and oxygen atoms in total. The van der Waals surface area contributed by atoms with E-state index < -0.39 is 0 Å². The molecule has 1 amide bonds.